The number of hydrogen-bond acceptors (Lipinski definition) is 3. The van der Waals surface area contributed by atoms with Crippen LogP contribution in [0.5, 0.6) is 5.75 Å². The zero-order chi connectivity index (χ0) is 15.0. The lowest BCUT2D eigenvalue weighted by molar-refractivity contribution is -0.116. The van der Waals surface area contributed by atoms with Crippen molar-refractivity contribution in [3.8, 4) is 5.75 Å². The summed E-state index contributed by atoms with van der Waals surface area (Å²) in [6.45, 7) is 0. The number of aromatic hydroxyl groups is 1. The maximum absolute atomic E-state index is 12.3. The van der Waals surface area contributed by atoms with Crippen molar-refractivity contribution in [2.75, 3.05) is 10.6 Å². The monoisotopic (exact) mass is 322 g/mol. The van der Waals surface area contributed by atoms with Crippen molar-refractivity contribution >= 4 is 40.5 Å². The van der Waals surface area contributed by atoms with Gasteiger partial charge in [0, 0.05) is 17.8 Å². The van der Waals surface area contributed by atoms with Gasteiger partial charge in [0.05, 0.1) is 10.0 Å². The van der Waals surface area contributed by atoms with E-state index in [1.807, 2.05) is 24.3 Å². The highest BCUT2D eigenvalue weighted by Crippen LogP contribution is 2.35. The molecule has 0 saturated carbocycles. The average Bonchev–Trinajstić information content (AvgIpc) is 2.88. The molecule has 1 aliphatic rings. The Kier molecular flexibility index (Phi) is 3.66. The number of carbonyl (C=O) groups is 1. The Morgan fingerprint density at radius 1 is 1.24 bits per heavy atom. The molecule has 3 N–H and O–H groups in total. The number of rotatable bonds is 2. The fraction of sp³-hybridized carbons (Fsp3) is 0.133. The number of halogens is 2. The SMILES string of the molecule is O=C(Nc1cc(Cl)c(O)c(Cl)c1)C1Cc2ccccc2N1. The van der Waals surface area contributed by atoms with Crippen molar-refractivity contribution in [2.24, 2.45) is 0 Å². The minimum Gasteiger partial charge on any atom is -0.505 e. The lowest BCUT2D eigenvalue weighted by Crippen LogP contribution is -2.32. The molecule has 108 valence electrons. The summed E-state index contributed by atoms with van der Waals surface area (Å²) >= 11 is 11.7. The topological polar surface area (TPSA) is 61.4 Å². The van der Waals surface area contributed by atoms with Crippen LogP contribution in [-0.2, 0) is 11.2 Å². The van der Waals surface area contributed by atoms with Crippen LogP contribution in [0.15, 0.2) is 36.4 Å². The van der Waals surface area contributed by atoms with Crippen LogP contribution in [0.1, 0.15) is 5.56 Å². The smallest absolute Gasteiger partial charge is 0.247 e. The van der Waals surface area contributed by atoms with Gasteiger partial charge in [0.1, 0.15) is 6.04 Å². The molecule has 21 heavy (non-hydrogen) atoms. The van der Waals surface area contributed by atoms with E-state index >= 15 is 0 Å². The first kappa shape index (κ1) is 14.0. The first-order valence-electron chi connectivity index (χ1n) is 6.38. The van der Waals surface area contributed by atoms with Crippen molar-refractivity contribution in [2.45, 2.75) is 12.5 Å². The molecule has 1 unspecified atom stereocenters. The maximum Gasteiger partial charge on any atom is 0.247 e. The third-order valence-corrected chi connectivity index (χ3v) is 3.95. The molecule has 0 radical (unpaired) electrons. The van der Waals surface area contributed by atoms with Gasteiger partial charge in [-0.1, -0.05) is 41.4 Å². The average molecular weight is 323 g/mol. The van der Waals surface area contributed by atoms with Crippen molar-refractivity contribution in [3.05, 3.63) is 52.0 Å². The number of anilines is 2. The fourth-order valence-electron chi connectivity index (χ4n) is 2.32. The molecule has 4 nitrogen and oxygen atoms in total. The summed E-state index contributed by atoms with van der Waals surface area (Å²) in [5.41, 5.74) is 2.53. The van der Waals surface area contributed by atoms with Crippen LogP contribution >= 0.6 is 23.2 Å². The summed E-state index contributed by atoms with van der Waals surface area (Å²) in [5, 5.41) is 15.6. The molecule has 0 aliphatic carbocycles. The number of nitrogens with one attached hydrogen (secondary N) is 2. The van der Waals surface area contributed by atoms with Crippen LogP contribution in [-0.4, -0.2) is 17.1 Å². The number of hydrogen-bond donors (Lipinski definition) is 3. The normalized spacial score (nSPS) is 16.2. The summed E-state index contributed by atoms with van der Waals surface area (Å²) < 4.78 is 0. The van der Waals surface area contributed by atoms with E-state index in [4.69, 9.17) is 23.2 Å². The van der Waals surface area contributed by atoms with Crippen molar-refractivity contribution in [1.29, 1.82) is 0 Å². The van der Waals surface area contributed by atoms with Gasteiger partial charge in [-0.3, -0.25) is 4.79 Å². The van der Waals surface area contributed by atoms with E-state index in [0.717, 1.165) is 11.3 Å². The second kappa shape index (κ2) is 5.47. The van der Waals surface area contributed by atoms with E-state index in [1.54, 1.807) is 0 Å². The summed E-state index contributed by atoms with van der Waals surface area (Å²) in [6, 6.07) is 10.4. The van der Waals surface area contributed by atoms with Crippen LogP contribution in [0.2, 0.25) is 10.0 Å². The van der Waals surface area contributed by atoms with E-state index in [2.05, 4.69) is 10.6 Å². The first-order valence-corrected chi connectivity index (χ1v) is 7.13. The molecule has 1 heterocycles. The first-order chi connectivity index (χ1) is 10.0. The number of phenols is 1. The van der Waals surface area contributed by atoms with Gasteiger partial charge in [-0.15, -0.1) is 0 Å². The molecule has 1 aliphatic heterocycles. The number of carbonyl (C=O) groups excluding carboxylic acids is 1. The Morgan fingerprint density at radius 3 is 2.57 bits per heavy atom. The molecule has 0 aromatic heterocycles. The van der Waals surface area contributed by atoms with Crippen LogP contribution in [0.3, 0.4) is 0 Å². The third-order valence-electron chi connectivity index (χ3n) is 3.37. The van der Waals surface area contributed by atoms with Gasteiger partial charge in [-0.25, -0.2) is 0 Å². The second-order valence-corrected chi connectivity index (χ2v) is 5.65. The number of para-hydroxylation sites is 1. The summed E-state index contributed by atoms with van der Waals surface area (Å²) in [4.78, 5) is 12.3. The van der Waals surface area contributed by atoms with Gasteiger partial charge in [-0.2, -0.15) is 0 Å². The van der Waals surface area contributed by atoms with Gasteiger partial charge < -0.3 is 15.7 Å². The predicted octanol–water partition coefficient (Wildman–Crippen LogP) is 3.67. The highest BCUT2D eigenvalue weighted by Gasteiger charge is 2.26. The van der Waals surface area contributed by atoms with E-state index in [0.29, 0.717) is 12.1 Å². The van der Waals surface area contributed by atoms with Gasteiger partial charge in [0.15, 0.2) is 5.75 Å². The molecule has 0 bridgehead atoms. The third kappa shape index (κ3) is 2.77. The van der Waals surface area contributed by atoms with Crippen LogP contribution in [0, 0.1) is 0 Å². The van der Waals surface area contributed by atoms with E-state index in [9.17, 15) is 9.90 Å². The van der Waals surface area contributed by atoms with Crippen LogP contribution in [0.4, 0.5) is 11.4 Å². The quantitative estimate of drug-likeness (QED) is 0.739. The molecule has 2 aromatic carbocycles. The Morgan fingerprint density at radius 2 is 1.90 bits per heavy atom. The van der Waals surface area contributed by atoms with Gasteiger partial charge in [0.2, 0.25) is 5.91 Å². The maximum atomic E-state index is 12.3. The largest absolute Gasteiger partial charge is 0.505 e. The number of benzene rings is 2. The van der Waals surface area contributed by atoms with Gasteiger partial charge in [-0.05, 0) is 23.8 Å². The Bertz CT molecular complexity index is 671. The molecule has 6 heteroatoms. The minimum atomic E-state index is -0.339. The van der Waals surface area contributed by atoms with Crippen LogP contribution in [0.25, 0.3) is 0 Å². The highest BCUT2D eigenvalue weighted by molar-refractivity contribution is 6.37. The van der Waals surface area contributed by atoms with Crippen molar-refractivity contribution < 1.29 is 9.90 Å². The molecule has 0 fully saturated rings. The van der Waals surface area contributed by atoms with Crippen LogP contribution < -0.4 is 10.6 Å². The van der Waals surface area contributed by atoms with E-state index < -0.39 is 0 Å². The summed E-state index contributed by atoms with van der Waals surface area (Å²) in [5.74, 6) is -0.369. The minimum absolute atomic E-state index is 0.0977. The number of amides is 1. The second-order valence-electron chi connectivity index (χ2n) is 4.84. The molecular formula is C15H12Cl2N2O2. The highest BCUT2D eigenvalue weighted by atomic mass is 35.5. The Balaban J connectivity index is 1.74. The van der Waals surface area contributed by atoms with Crippen molar-refractivity contribution in [1.82, 2.24) is 0 Å². The van der Waals surface area contributed by atoms with Gasteiger partial charge >= 0.3 is 0 Å². The zero-order valence-corrected chi connectivity index (χ0v) is 12.4. The number of phenolic OH excluding ortho intramolecular Hbond substituents is 1. The number of fused-ring (bicyclic) bond motifs is 1. The summed E-state index contributed by atoms with van der Waals surface area (Å²) in [7, 11) is 0. The van der Waals surface area contributed by atoms with E-state index in [1.165, 1.54) is 12.1 Å². The van der Waals surface area contributed by atoms with Gasteiger partial charge in [0.25, 0.3) is 0 Å². The predicted molar refractivity (Wildman–Crippen MR) is 84.3 cm³/mol. The molecule has 0 spiro atoms. The summed E-state index contributed by atoms with van der Waals surface area (Å²) in [6.07, 6.45) is 0.627. The molecular weight excluding hydrogens is 311 g/mol. The Hall–Kier alpha value is -1.91. The van der Waals surface area contributed by atoms with Crippen molar-refractivity contribution in [3.63, 3.8) is 0 Å². The standard InChI is InChI=1S/C15H12Cl2N2O2/c16-10-6-9(7-11(17)14(10)20)18-15(21)13-5-8-3-1-2-4-12(8)19-13/h1-4,6-7,13,19-20H,5H2,(H,18,21). The molecule has 3 rings (SSSR count). The Labute approximate surface area is 131 Å². The molecule has 2 aromatic rings. The fourth-order valence-corrected chi connectivity index (χ4v) is 2.81. The van der Waals surface area contributed by atoms with E-state index in [-0.39, 0.29) is 27.7 Å². The molecule has 0 saturated heterocycles. The lowest BCUT2D eigenvalue weighted by atomic mass is 10.1. The molecule has 1 atom stereocenters. The zero-order valence-electron chi connectivity index (χ0n) is 10.9. The molecule has 1 amide bonds. The lowest BCUT2D eigenvalue weighted by Gasteiger charge is -2.13.